The number of benzene rings is 2. The number of amides is 1. The minimum Gasteiger partial charge on any atom is -0.494 e. The van der Waals surface area contributed by atoms with Gasteiger partial charge >= 0.3 is 6.18 Å². The molecular formula is C21H19F3N4O2. The minimum atomic E-state index is -4.40. The van der Waals surface area contributed by atoms with E-state index in [-0.39, 0.29) is 18.3 Å². The molecule has 0 aliphatic carbocycles. The van der Waals surface area contributed by atoms with Crippen LogP contribution >= 0.6 is 0 Å². The Balaban J connectivity index is 1.44. The van der Waals surface area contributed by atoms with Crippen LogP contribution in [0.2, 0.25) is 0 Å². The number of halogens is 3. The Kier molecular flexibility index (Phi) is 6.84. The Morgan fingerprint density at radius 3 is 2.60 bits per heavy atom. The van der Waals surface area contributed by atoms with Gasteiger partial charge in [0.05, 0.1) is 12.2 Å². The van der Waals surface area contributed by atoms with E-state index in [2.05, 4.69) is 20.6 Å². The number of carbonyl (C=O) groups is 1. The fourth-order valence-corrected chi connectivity index (χ4v) is 2.52. The smallest absolute Gasteiger partial charge is 0.416 e. The van der Waals surface area contributed by atoms with Crippen LogP contribution in [0, 0.1) is 0 Å². The molecule has 0 saturated heterocycles. The average molecular weight is 416 g/mol. The highest BCUT2D eigenvalue weighted by Crippen LogP contribution is 2.31. The van der Waals surface area contributed by atoms with Crippen molar-refractivity contribution in [1.82, 2.24) is 9.97 Å². The van der Waals surface area contributed by atoms with E-state index >= 15 is 0 Å². The van der Waals surface area contributed by atoms with Gasteiger partial charge in [0.1, 0.15) is 11.6 Å². The van der Waals surface area contributed by atoms with Crippen molar-refractivity contribution >= 4 is 17.7 Å². The SMILES string of the molecule is O=C(Nc1ccnc(NCCCOc2cccc(C(F)(F)F)c2)n1)c1ccccc1. The summed E-state index contributed by atoms with van der Waals surface area (Å²) < 4.78 is 43.5. The van der Waals surface area contributed by atoms with E-state index < -0.39 is 11.7 Å². The van der Waals surface area contributed by atoms with Gasteiger partial charge in [-0.2, -0.15) is 18.2 Å². The van der Waals surface area contributed by atoms with Crippen molar-refractivity contribution in [1.29, 1.82) is 0 Å². The fraction of sp³-hybridized carbons (Fsp3) is 0.190. The van der Waals surface area contributed by atoms with Crippen molar-refractivity contribution in [3.05, 3.63) is 78.0 Å². The molecule has 0 bridgehead atoms. The van der Waals surface area contributed by atoms with Crippen molar-refractivity contribution in [3.63, 3.8) is 0 Å². The van der Waals surface area contributed by atoms with Gasteiger partial charge in [0, 0.05) is 18.3 Å². The third kappa shape index (κ3) is 6.20. The number of aromatic nitrogens is 2. The molecule has 0 unspecified atom stereocenters. The molecule has 1 heterocycles. The zero-order chi connectivity index (χ0) is 21.4. The molecule has 2 aromatic carbocycles. The summed E-state index contributed by atoms with van der Waals surface area (Å²) in [4.78, 5) is 20.5. The number of carbonyl (C=O) groups excluding carboxylic acids is 1. The van der Waals surface area contributed by atoms with Gasteiger partial charge in [-0.25, -0.2) is 4.98 Å². The number of alkyl halides is 3. The fourth-order valence-electron chi connectivity index (χ4n) is 2.52. The van der Waals surface area contributed by atoms with Gasteiger partial charge in [0.15, 0.2) is 0 Å². The highest BCUT2D eigenvalue weighted by Gasteiger charge is 2.30. The molecule has 30 heavy (non-hydrogen) atoms. The number of ether oxygens (including phenoxy) is 1. The van der Waals surface area contributed by atoms with Gasteiger partial charge in [-0.1, -0.05) is 24.3 Å². The second kappa shape index (κ2) is 9.73. The zero-order valence-electron chi connectivity index (χ0n) is 15.8. The number of anilines is 2. The van der Waals surface area contributed by atoms with Gasteiger partial charge in [-0.3, -0.25) is 4.79 Å². The first-order chi connectivity index (χ1) is 14.4. The predicted molar refractivity (Wildman–Crippen MR) is 106 cm³/mol. The van der Waals surface area contributed by atoms with Gasteiger partial charge < -0.3 is 15.4 Å². The summed E-state index contributed by atoms with van der Waals surface area (Å²) >= 11 is 0. The van der Waals surface area contributed by atoms with E-state index in [9.17, 15) is 18.0 Å². The summed E-state index contributed by atoms with van der Waals surface area (Å²) in [5, 5.41) is 5.68. The van der Waals surface area contributed by atoms with Gasteiger partial charge in [-0.05, 0) is 42.8 Å². The quantitative estimate of drug-likeness (QED) is 0.524. The summed E-state index contributed by atoms with van der Waals surface area (Å²) in [5.74, 6) is 0.544. The molecule has 1 aromatic heterocycles. The normalized spacial score (nSPS) is 11.0. The molecule has 1 amide bonds. The van der Waals surface area contributed by atoms with E-state index in [0.29, 0.717) is 30.3 Å². The van der Waals surface area contributed by atoms with Crippen molar-refractivity contribution < 1.29 is 22.7 Å². The molecule has 0 atom stereocenters. The Bertz CT molecular complexity index is 981. The molecule has 3 rings (SSSR count). The van der Waals surface area contributed by atoms with Crippen molar-refractivity contribution in [2.45, 2.75) is 12.6 Å². The molecule has 0 aliphatic heterocycles. The maximum atomic E-state index is 12.7. The first-order valence-corrected chi connectivity index (χ1v) is 9.15. The third-order valence-electron chi connectivity index (χ3n) is 3.97. The highest BCUT2D eigenvalue weighted by atomic mass is 19.4. The van der Waals surface area contributed by atoms with Crippen molar-refractivity contribution in [3.8, 4) is 5.75 Å². The van der Waals surface area contributed by atoms with Crippen LogP contribution in [-0.2, 0) is 6.18 Å². The zero-order valence-corrected chi connectivity index (χ0v) is 15.8. The van der Waals surface area contributed by atoms with E-state index in [1.54, 1.807) is 30.3 Å². The van der Waals surface area contributed by atoms with Gasteiger partial charge in [-0.15, -0.1) is 0 Å². The molecule has 0 fully saturated rings. The van der Waals surface area contributed by atoms with Gasteiger partial charge in [0.25, 0.3) is 5.91 Å². The Morgan fingerprint density at radius 2 is 1.83 bits per heavy atom. The number of rotatable bonds is 8. The summed E-state index contributed by atoms with van der Waals surface area (Å²) in [6.45, 7) is 0.661. The van der Waals surface area contributed by atoms with Crippen LogP contribution in [-0.4, -0.2) is 29.0 Å². The van der Waals surface area contributed by atoms with Crippen LogP contribution < -0.4 is 15.4 Å². The molecular weight excluding hydrogens is 397 g/mol. The standard InChI is InChI=1S/C21H19F3N4O2/c22-21(23,24)16-8-4-9-17(14-16)30-13-5-11-25-20-26-12-10-18(28-20)27-19(29)15-6-2-1-3-7-15/h1-4,6-10,12,14H,5,11,13H2,(H2,25,26,27,28,29). The largest absolute Gasteiger partial charge is 0.494 e. The second-order valence-corrected chi connectivity index (χ2v) is 6.24. The first-order valence-electron chi connectivity index (χ1n) is 9.15. The van der Waals surface area contributed by atoms with Crippen molar-refractivity contribution in [2.75, 3.05) is 23.8 Å². The Morgan fingerprint density at radius 1 is 1.03 bits per heavy atom. The third-order valence-corrected chi connectivity index (χ3v) is 3.97. The van der Waals surface area contributed by atoms with Crippen LogP contribution in [0.5, 0.6) is 5.75 Å². The molecule has 0 radical (unpaired) electrons. The topological polar surface area (TPSA) is 76.1 Å². The lowest BCUT2D eigenvalue weighted by Crippen LogP contribution is -2.14. The summed E-state index contributed by atoms with van der Waals surface area (Å²) in [6.07, 6.45) is -2.38. The van der Waals surface area contributed by atoms with Crippen LogP contribution in [0.25, 0.3) is 0 Å². The van der Waals surface area contributed by atoms with Crippen LogP contribution in [0.4, 0.5) is 24.9 Å². The molecule has 6 nitrogen and oxygen atoms in total. The second-order valence-electron chi connectivity index (χ2n) is 6.24. The van der Waals surface area contributed by atoms with E-state index in [4.69, 9.17) is 4.74 Å². The minimum absolute atomic E-state index is 0.159. The maximum absolute atomic E-state index is 12.7. The molecule has 156 valence electrons. The maximum Gasteiger partial charge on any atom is 0.416 e. The van der Waals surface area contributed by atoms with E-state index in [0.717, 1.165) is 12.1 Å². The lowest BCUT2D eigenvalue weighted by atomic mass is 10.2. The summed E-state index contributed by atoms with van der Waals surface area (Å²) in [7, 11) is 0. The van der Waals surface area contributed by atoms with Crippen LogP contribution in [0.15, 0.2) is 66.9 Å². The molecule has 9 heteroatoms. The average Bonchev–Trinajstić information content (AvgIpc) is 2.74. The Hall–Kier alpha value is -3.62. The number of hydrogen-bond donors (Lipinski definition) is 2. The highest BCUT2D eigenvalue weighted by molar-refractivity contribution is 6.03. The predicted octanol–water partition coefficient (Wildman–Crippen LogP) is 4.63. The molecule has 0 aliphatic rings. The molecule has 3 aromatic rings. The Labute approximate surface area is 171 Å². The van der Waals surface area contributed by atoms with Crippen molar-refractivity contribution in [2.24, 2.45) is 0 Å². The summed E-state index contributed by atoms with van der Waals surface area (Å²) in [6, 6.07) is 15.1. The molecule has 0 spiro atoms. The monoisotopic (exact) mass is 416 g/mol. The van der Waals surface area contributed by atoms with Gasteiger partial charge in [0.2, 0.25) is 5.95 Å². The summed E-state index contributed by atoms with van der Waals surface area (Å²) in [5.41, 5.74) is -0.238. The number of nitrogens with one attached hydrogen (secondary N) is 2. The first kappa shape index (κ1) is 21.1. The van der Waals surface area contributed by atoms with Crippen LogP contribution in [0.1, 0.15) is 22.3 Å². The lowest BCUT2D eigenvalue weighted by Gasteiger charge is -2.11. The van der Waals surface area contributed by atoms with E-state index in [1.165, 1.54) is 18.3 Å². The molecule has 0 saturated carbocycles. The van der Waals surface area contributed by atoms with E-state index in [1.807, 2.05) is 6.07 Å². The molecule has 2 N–H and O–H groups in total. The number of hydrogen-bond acceptors (Lipinski definition) is 5. The van der Waals surface area contributed by atoms with Crippen LogP contribution in [0.3, 0.4) is 0 Å². The number of nitrogens with zero attached hydrogens (tertiary/aromatic N) is 2. The lowest BCUT2D eigenvalue weighted by molar-refractivity contribution is -0.137.